The summed E-state index contributed by atoms with van der Waals surface area (Å²) in [4.78, 5) is 0. The fourth-order valence-corrected chi connectivity index (χ4v) is 1.96. The third-order valence-corrected chi connectivity index (χ3v) is 2.78. The largest absolute Gasteiger partial charge is 0.495 e. The van der Waals surface area contributed by atoms with Crippen molar-refractivity contribution in [3.8, 4) is 17.0 Å². The van der Waals surface area contributed by atoms with Crippen LogP contribution >= 0.6 is 23.3 Å². The van der Waals surface area contributed by atoms with Gasteiger partial charge in [0.1, 0.15) is 11.4 Å². The van der Waals surface area contributed by atoms with Crippen LogP contribution in [0.1, 0.15) is 0 Å². The molecule has 0 aliphatic heterocycles. The van der Waals surface area contributed by atoms with Crippen LogP contribution < -0.4 is 10.5 Å². The molecule has 0 amide bonds. The van der Waals surface area contributed by atoms with Gasteiger partial charge in [0.15, 0.2) is 5.82 Å². The lowest BCUT2D eigenvalue weighted by molar-refractivity contribution is 0.415. The molecule has 1 heterocycles. The summed E-state index contributed by atoms with van der Waals surface area (Å²) in [6.45, 7) is 0. The van der Waals surface area contributed by atoms with Crippen molar-refractivity contribution < 1.29 is 4.74 Å². The van der Waals surface area contributed by atoms with Crippen molar-refractivity contribution in [3.63, 3.8) is 0 Å². The van der Waals surface area contributed by atoms with Gasteiger partial charge in [-0.3, -0.25) is 0 Å². The van der Waals surface area contributed by atoms with E-state index in [1.807, 2.05) is 6.07 Å². The quantitative estimate of drug-likeness (QED) is 0.877. The van der Waals surface area contributed by atoms with E-state index < -0.39 is 0 Å². The first-order valence-electron chi connectivity index (χ1n) is 4.14. The minimum atomic E-state index is 0.418. The summed E-state index contributed by atoms with van der Waals surface area (Å²) < 4.78 is 13.0. The number of halogens is 1. The molecule has 0 atom stereocenters. The number of hydrogen-bond acceptors (Lipinski definition) is 5. The number of rotatable bonds is 2. The van der Waals surface area contributed by atoms with Gasteiger partial charge in [-0.2, -0.15) is 8.75 Å². The molecular weight excluding hydrogens is 234 g/mol. The molecule has 0 fully saturated rings. The summed E-state index contributed by atoms with van der Waals surface area (Å²) in [5.41, 5.74) is 7.15. The van der Waals surface area contributed by atoms with Crippen LogP contribution in [0.4, 0.5) is 5.82 Å². The molecule has 0 aliphatic rings. The molecule has 0 spiro atoms. The van der Waals surface area contributed by atoms with Crippen LogP contribution in [0.5, 0.6) is 5.75 Å². The van der Waals surface area contributed by atoms with Crippen molar-refractivity contribution >= 4 is 29.1 Å². The van der Waals surface area contributed by atoms with Crippen molar-refractivity contribution in [1.82, 2.24) is 8.75 Å². The first-order chi connectivity index (χ1) is 7.22. The Hall–Kier alpha value is -1.33. The van der Waals surface area contributed by atoms with Crippen LogP contribution in [0.15, 0.2) is 18.2 Å². The summed E-state index contributed by atoms with van der Waals surface area (Å²) in [7, 11) is 1.57. The molecule has 0 saturated carbocycles. The Morgan fingerprint density at radius 1 is 1.40 bits per heavy atom. The van der Waals surface area contributed by atoms with Crippen molar-refractivity contribution in [3.05, 3.63) is 23.2 Å². The van der Waals surface area contributed by atoms with E-state index in [2.05, 4.69) is 8.75 Å². The number of nitrogens with zero attached hydrogens (tertiary/aromatic N) is 2. The van der Waals surface area contributed by atoms with Crippen molar-refractivity contribution in [2.45, 2.75) is 0 Å². The van der Waals surface area contributed by atoms with E-state index in [4.69, 9.17) is 22.1 Å². The van der Waals surface area contributed by atoms with Gasteiger partial charge < -0.3 is 10.5 Å². The number of nitrogens with two attached hydrogens (primary N) is 1. The van der Waals surface area contributed by atoms with Crippen molar-refractivity contribution in [2.75, 3.05) is 12.8 Å². The van der Waals surface area contributed by atoms with Crippen LogP contribution in [0, 0.1) is 0 Å². The van der Waals surface area contributed by atoms with Crippen molar-refractivity contribution in [1.29, 1.82) is 0 Å². The molecule has 0 aliphatic carbocycles. The molecule has 15 heavy (non-hydrogen) atoms. The number of benzene rings is 1. The highest BCUT2D eigenvalue weighted by Gasteiger charge is 2.09. The SMILES string of the molecule is COc1ccc(-c2nsnc2N)cc1Cl. The number of ether oxygens (including phenoxy) is 1. The fraction of sp³-hybridized carbons (Fsp3) is 0.111. The second-order valence-corrected chi connectivity index (χ2v) is 3.78. The van der Waals surface area contributed by atoms with Gasteiger partial charge in [-0.15, -0.1) is 0 Å². The number of anilines is 1. The van der Waals surface area contributed by atoms with E-state index in [1.165, 1.54) is 0 Å². The third kappa shape index (κ3) is 1.88. The first-order valence-corrected chi connectivity index (χ1v) is 5.25. The minimum absolute atomic E-state index is 0.418. The predicted molar refractivity (Wildman–Crippen MR) is 61.3 cm³/mol. The average Bonchev–Trinajstić information content (AvgIpc) is 2.64. The van der Waals surface area contributed by atoms with Gasteiger partial charge in [0.25, 0.3) is 0 Å². The number of hydrogen-bond donors (Lipinski definition) is 1. The smallest absolute Gasteiger partial charge is 0.165 e. The first kappa shape index (κ1) is 10.2. The van der Waals surface area contributed by atoms with E-state index in [-0.39, 0.29) is 0 Å². The second kappa shape index (κ2) is 4.04. The third-order valence-electron chi connectivity index (χ3n) is 1.94. The standard InChI is InChI=1S/C9H8ClN3OS/c1-14-7-3-2-5(4-6(7)10)8-9(11)13-15-12-8/h2-4H,1H3,(H2,11,13). The fourth-order valence-electron chi connectivity index (χ4n) is 1.21. The lowest BCUT2D eigenvalue weighted by Crippen LogP contribution is -1.89. The molecule has 2 N–H and O–H groups in total. The van der Waals surface area contributed by atoms with Crippen molar-refractivity contribution in [2.24, 2.45) is 0 Å². The Morgan fingerprint density at radius 2 is 2.20 bits per heavy atom. The van der Waals surface area contributed by atoms with E-state index in [0.717, 1.165) is 17.3 Å². The monoisotopic (exact) mass is 241 g/mol. The Morgan fingerprint density at radius 3 is 2.73 bits per heavy atom. The Bertz CT molecular complexity index is 486. The predicted octanol–water partition coefficient (Wildman–Crippen LogP) is 2.45. The van der Waals surface area contributed by atoms with Crippen LogP contribution in [0.25, 0.3) is 11.3 Å². The molecule has 4 nitrogen and oxygen atoms in total. The van der Waals surface area contributed by atoms with Gasteiger partial charge in [-0.25, -0.2) is 0 Å². The van der Waals surface area contributed by atoms with Crippen LogP contribution in [0.3, 0.4) is 0 Å². The highest BCUT2D eigenvalue weighted by atomic mass is 35.5. The number of aromatic nitrogens is 2. The van der Waals surface area contributed by atoms with E-state index in [1.54, 1.807) is 19.2 Å². The zero-order valence-corrected chi connectivity index (χ0v) is 9.47. The molecule has 2 aromatic rings. The highest BCUT2D eigenvalue weighted by molar-refractivity contribution is 6.99. The maximum atomic E-state index is 5.99. The lowest BCUT2D eigenvalue weighted by atomic mass is 10.1. The molecule has 1 aromatic heterocycles. The van der Waals surface area contributed by atoms with Gasteiger partial charge >= 0.3 is 0 Å². The Labute approximate surface area is 96.0 Å². The molecular formula is C9H8ClN3OS. The topological polar surface area (TPSA) is 61.0 Å². The molecule has 0 unspecified atom stereocenters. The van der Waals surface area contributed by atoms with Gasteiger partial charge in [0.2, 0.25) is 0 Å². The summed E-state index contributed by atoms with van der Waals surface area (Å²) in [5.74, 6) is 1.04. The number of nitrogen functional groups attached to an aromatic ring is 1. The highest BCUT2D eigenvalue weighted by Crippen LogP contribution is 2.31. The molecule has 0 saturated heterocycles. The maximum Gasteiger partial charge on any atom is 0.165 e. The summed E-state index contributed by atoms with van der Waals surface area (Å²) >= 11 is 7.07. The van der Waals surface area contributed by atoms with Crippen LogP contribution in [-0.4, -0.2) is 15.9 Å². The van der Waals surface area contributed by atoms with Crippen LogP contribution in [0.2, 0.25) is 5.02 Å². The second-order valence-electron chi connectivity index (χ2n) is 2.85. The summed E-state index contributed by atoms with van der Waals surface area (Å²) in [6, 6.07) is 5.38. The maximum absolute atomic E-state index is 5.99. The molecule has 2 rings (SSSR count). The van der Waals surface area contributed by atoms with E-state index >= 15 is 0 Å². The van der Waals surface area contributed by atoms with E-state index in [9.17, 15) is 0 Å². The Kier molecular flexibility index (Phi) is 2.75. The van der Waals surface area contributed by atoms with Gasteiger partial charge in [-0.05, 0) is 18.2 Å². The zero-order chi connectivity index (χ0) is 10.8. The lowest BCUT2D eigenvalue weighted by Gasteiger charge is -2.04. The Balaban J connectivity index is 2.47. The molecule has 78 valence electrons. The van der Waals surface area contributed by atoms with Gasteiger partial charge in [0, 0.05) is 5.56 Å². The van der Waals surface area contributed by atoms with E-state index in [0.29, 0.717) is 22.3 Å². The molecule has 0 radical (unpaired) electrons. The summed E-state index contributed by atoms with van der Waals surface area (Å²) in [5, 5.41) is 0.530. The zero-order valence-electron chi connectivity index (χ0n) is 7.90. The summed E-state index contributed by atoms with van der Waals surface area (Å²) in [6.07, 6.45) is 0. The van der Waals surface area contributed by atoms with Crippen LogP contribution in [-0.2, 0) is 0 Å². The average molecular weight is 242 g/mol. The number of methoxy groups -OCH3 is 1. The van der Waals surface area contributed by atoms with Gasteiger partial charge in [0.05, 0.1) is 23.9 Å². The molecule has 6 heteroatoms. The minimum Gasteiger partial charge on any atom is -0.495 e. The normalized spacial score (nSPS) is 10.3. The van der Waals surface area contributed by atoms with Gasteiger partial charge in [-0.1, -0.05) is 11.6 Å². The molecule has 1 aromatic carbocycles. The molecule has 0 bridgehead atoms.